The molecule has 1 saturated carbocycles. The second-order valence-electron chi connectivity index (χ2n) is 13.8. The molecule has 2 saturated heterocycles. The minimum Gasteiger partial charge on any atom is -0.508 e. The minimum absolute atomic E-state index is 0.0540. The first kappa shape index (κ1) is 34.0. The van der Waals surface area contributed by atoms with Gasteiger partial charge in [-0.25, -0.2) is 0 Å². The van der Waals surface area contributed by atoms with E-state index in [2.05, 4.69) is 5.43 Å². The summed E-state index contributed by atoms with van der Waals surface area (Å²) in [5, 5.41) is 13.1. The number of aryl methyl sites for hydroxylation is 1. The van der Waals surface area contributed by atoms with E-state index in [4.69, 9.17) is 27.9 Å². The smallest absolute Gasteiger partial charge is 0.260 e. The molecule has 0 radical (unpaired) electrons. The standard InChI is InChI=1S/C41H35Cl2N3O6/c1-3-22-8-13-25(14-9-22)45-37(48)29-18-17-27-30(35(29)39(45)50)21-31-38(49)46(44-33-19-12-24(42)20-32(33)43)40(51)41(31,23-10-15-26(52-2)16-11-23)36(27)28-6-4-5-7-34(28)47/h4-17,19-20,29-31,35-36,44,47H,3,18,21H2,1-2H3. The van der Waals surface area contributed by atoms with Crippen molar-refractivity contribution >= 4 is 58.2 Å². The van der Waals surface area contributed by atoms with Crippen molar-refractivity contribution in [2.45, 2.75) is 37.5 Å². The van der Waals surface area contributed by atoms with Gasteiger partial charge in [0.25, 0.3) is 11.8 Å². The number of imide groups is 2. The van der Waals surface area contributed by atoms with E-state index in [1.54, 1.807) is 79.9 Å². The highest BCUT2D eigenvalue weighted by molar-refractivity contribution is 6.36. The number of phenolic OH excluding ortho intramolecular Hbond substituents is 1. The molecule has 4 aromatic rings. The van der Waals surface area contributed by atoms with E-state index < -0.39 is 46.8 Å². The fraction of sp³-hybridized carbons (Fsp3) is 0.268. The largest absolute Gasteiger partial charge is 0.508 e. The van der Waals surface area contributed by atoms with Gasteiger partial charge in [0.2, 0.25) is 11.8 Å². The van der Waals surface area contributed by atoms with Gasteiger partial charge in [0.1, 0.15) is 11.5 Å². The van der Waals surface area contributed by atoms with Crippen molar-refractivity contribution in [1.29, 1.82) is 0 Å². The maximum Gasteiger partial charge on any atom is 0.260 e. The van der Waals surface area contributed by atoms with Crippen molar-refractivity contribution in [2.24, 2.45) is 23.7 Å². The average molecular weight is 737 g/mol. The van der Waals surface area contributed by atoms with Crippen LogP contribution in [0.4, 0.5) is 11.4 Å². The first-order chi connectivity index (χ1) is 25.1. The van der Waals surface area contributed by atoms with E-state index in [0.717, 1.165) is 22.6 Å². The molecule has 4 aromatic carbocycles. The number of methoxy groups -OCH3 is 1. The Morgan fingerprint density at radius 3 is 2.29 bits per heavy atom. The zero-order valence-corrected chi connectivity index (χ0v) is 29.9. The number of hydrazine groups is 1. The van der Waals surface area contributed by atoms with Crippen LogP contribution in [-0.2, 0) is 31.0 Å². The van der Waals surface area contributed by atoms with Gasteiger partial charge in [-0.05, 0) is 84.8 Å². The number of carbonyl (C=O) groups excluding carboxylic acids is 4. The second-order valence-corrected chi connectivity index (χ2v) is 14.6. The summed E-state index contributed by atoms with van der Waals surface area (Å²) in [5.74, 6) is -5.03. The highest BCUT2D eigenvalue weighted by Crippen LogP contribution is 2.65. The van der Waals surface area contributed by atoms with E-state index in [0.29, 0.717) is 33.3 Å². The SMILES string of the molecule is CCc1ccc(N2C(=O)C3CC=C4C(CC5C(=O)N(Nc6ccc(Cl)cc6Cl)C(=O)C5(c5ccc(OC)cc5)C4c4ccccc4O)C3C2=O)cc1. The maximum absolute atomic E-state index is 15.3. The predicted octanol–water partition coefficient (Wildman–Crippen LogP) is 7.46. The lowest BCUT2D eigenvalue weighted by molar-refractivity contribution is -0.138. The quantitative estimate of drug-likeness (QED) is 0.150. The maximum atomic E-state index is 15.3. The van der Waals surface area contributed by atoms with Crippen LogP contribution in [-0.4, -0.2) is 40.9 Å². The Kier molecular flexibility index (Phi) is 8.38. The van der Waals surface area contributed by atoms with Crippen molar-refractivity contribution in [3.63, 3.8) is 0 Å². The van der Waals surface area contributed by atoms with Crippen LogP contribution in [0.5, 0.6) is 11.5 Å². The topological polar surface area (TPSA) is 116 Å². The molecule has 0 aromatic heterocycles. The first-order valence-corrected chi connectivity index (χ1v) is 18.0. The average Bonchev–Trinajstić information content (AvgIpc) is 3.53. The van der Waals surface area contributed by atoms with Crippen molar-refractivity contribution in [3.05, 3.63) is 129 Å². The summed E-state index contributed by atoms with van der Waals surface area (Å²) in [6.07, 6.45) is 3.16. The molecule has 264 valence electrons. The molecule has 2 aliphatic carbocycles. The Balaban J connectivity index is 1.31. The Labute approximate surface area is 310 Å². The van der Waals surface area contributed by atoms with Crippen LogP contribution in [0.3, 0.4) is 0 Å². The van der Waals surface area contributed by atoms with E-state index in [-0.39, 0.29) is 35.4 Å². The Morgan fingerprint density at radius 2 is 1.62 bits per heavy atom. The summed E-state index contributed by atoms with van der Waals surface area (Å²) in [7, 11) is 1.54. The summed E-state index contributed by atoms with van der Waals surface area (Å²) in [4.78, 5) is 60.0. The van der Waals surface area contributed by atoms with Crippen LogP contribution in [0, 0.1) is 23.7 Å². The molecule has 52 heavy (non-hydrogen) atoms. The van der Waals surface area contributed by atoms with Gasteiger partial charge in [-0.1, -0.05) is 84.2 Å². The molecule has 2 heterocycles. The van der Waals surface area contributed by atoms with Crippen molar-refractivity contribution < 1.29 is 29.0 Å². The molecule has 9 nitrogen and oxygen atoms in total. The van der Waals surface area contributed by atoms with Crippen molar-refractivity contribution in [3.8, 4) is 11.5 Å². The van der Waals surface area contributed by atoms with Gasteiger partial charge in [-0.15, -0.1) is 0 Å². The lowest BCUT2D eigenvalue weighted by Crippen LogP contribution is -2.53. The van der Waals surface area contributed by atoms with Gasteiger partial charge in [-0.3, -0.25) is 29.5 Å². The third kappa shape index (κ3) is 4.97. The number of allylic oxidation sites excluding steroid dienone is 2. The molecule has 11 heteroatoms. The lowest BCUT2D eigenvalue weighted by atomic mass is 9.49. The molecule has 8 rings (SSSR count). The summed E-state index contributed by atoms with van der Waals surface area (Å²) in [6, 6.07) is 25.9. The van der Waals surface area contributed by atoms with E-state index in [9.17, 15) is 19.5 Å². The van der Waals surface area contributed by atoms with Gasteiger partial charge < -0.3 is 9.84 Å². The Bertz CT molecular complexity index is 2170. The molecule has 0 bridgehead atoms. The van der Waals surface area contributed by atoms with Gasteiger partial charge in [-0.2, -0.15) is 5.01 Å². The zero-order chi connectivity index (χ0) is 36.5. The highest BCUT2D eigenvalue weighted by atomic mass is 35.5. The summed E-state index contributed by atoms with van der Waals surface area (Å²) >= 11 is 12.7. The first-order valence-electron chi connectivity index (χ1n) is 17.3. The number of aromatic hydroxyl groups is 1. The molecular formula is C41H35Cl2N3O6. The number of para-hydroxylation sites is 1. The van der Waals surface area contributed by atoms with E-state index in [1.165, 1.54) is 11.0 Å². The fourth-order valence-electron chi connectivity index (χ4n) is 9.05. The molecule has 4 aliphatic rings. The van der Waals surface area contributed by atoms with Crippen LogP contribution in [0.25, 0.3) is 0 Å². The second kappa shape index (κ2) is 12.8. The number of rotatable bonds is 7. The number of nitrogens with zero attached hydrogens (tertiary/aromatic N) is 2. The number of hydrogen-bond donors (Lipinski definition) is 2. The number of ether oxygens (including phenoxy) is 1. The van der Waals surface area contributed by atoms with Crippen LogP contribution < -0.4 is 15.1 Å². The van der Waals surface area contributed by atoms with Gasteiger partial charge in [0, 0.05) is 16.5 Å². The number of amides is 4. The van der Waals surface area contributed by atoms with Crippen molar-refractivity contribution in [1.82, 2.24) is 5.01 Å². The van der Waals surface area contributed by atoms with Gasteiger partial charge in [0.15, 0.2) is 0 Å². The molecule has 6 atom stereocenters. The lowest BCUT2D eigenvalue weighted by Gasteiger charge is -2.50. The third-order valence-electron chi connectivity index (χ3n) is 11.4. The highest BCUT2D eigenvalue weighted by Gasteiger charge is 2.70. The number of nitrogens with one attached hydrogen (secondary N) is 1. The number of carbonyl (C=O) groups is 4. The predicted molar refractivity (Wildman–Crippen MR) is 197 cm³/mol. The third-order valence-corrected chi connectivity index (χ3v) is 12.0. The molecule has 3 fully saturated rings. The molecule has 2 N–H and O–H groups in total. The summed E-state index contributed by atoms with van der Waals surface area (Å²) in [6.45, 7) is 2.04. The number of anilines is 2. The molecule has 4 amide bonds. The number of hydrogen-bond acceptors (Lipinski definition) is 7. The van der Waals surface area contributed by atoms with Gasteiger partial charge in [0.05, 0.1) is 46.7 Å². The zero-order valence-electron chi connectivity index (χ0n) is 28.4. The molecule has 2 aliphatic heterocycles. The van der Waals surface area contributed by atoms with Gasteiger partial charge >= 0.3 is 0 Å². The molecular weight excluding hydrogens is 701 g/mol. The fourth-order valence-corrected chi connectivity index (χ4v) is 9.51. The molecule has 6 unspecified atom stereocenters. The summed E-state index contributed by atoms with van der Waals surface area (Å²) < 4.78 is 5.46. The Morgan fingerprint density at radius 1 is 0.885 bits per heavy atom. The van der Waals surface area contributed by atoms with Crippen LogP contribution in [0.1, 0.15) is 42.4 Å². The van der Waals surface area contributed by atoms with E-state index >= 15 is 4.79 Å². The van der Waals surface area contributed by atoms with E-state index in [1.807, 2.05) is 25.1 Å². The van der Waals surface area contributed by atoms with Crippen LogP contribution >= 0.6 is 23.2 Å². The number of fused-ring (bicyclic) bond motifs is 4. The van der Waals surface area contributed by atoms with Crippen LogP contribution in [0.15, 0.2) is 103 Å². The summed E-state index contributed by atoms with van der Waals surface area (Å²) in [5.41, 5.74) is 5.03. The minimum atomic E-state index is -1.56. The monoisotopic (exact) mass is 735 g/mol. The Hall–Kier alpha value is -5.12. The number of halogens is 2. The molecule has 0 spiro atoms. The normalized spacial score (nSPS) is 26.5. The van der Waals surface area contributed by atoms with Crippen molar-refractivity contribution in [2.75, 3.05) is 17.4 Å². The number of phenols is 1. The number of benzene rings is 4. The van der Waals surface area contributed by atoms with Crippen LogP contribution in [0.2, 0.25) is 10.0 Å².